The van der Waals surface area contributed by atoms with E-state index in [4.69, 9.17) is 16.3 Å². The molecule has 0 amide bonds. The molecule has 2 nitrogen and oxygen atoms in total. The molecule has 1 heterocycles. The van der Waals surface area contributed by atoms with Gasteiger partial charge in [0.2, 0.25) is 0 Å². The standard InChI is InChI=1S/C18H17ClO2/c1-11-6-13(9-15(19)7-11)17(20)12-4-5-16-14(8-12)10-18(2,3)21-16/h4-9H,10H2,1-3H3. The van der Waals surface area contributed by atoms with Crippen molar-refractivity contribution in [2.45, 2.75) is 32.8 Å². The summed E-state index contributed by atoms with van der Waals surface area (Å²) in [6.07, 6.45) is 0.817. The largest absolute Gasteiger partial charge is 0.487 e. The van der Waals surface area contributed by atoms with Crippen molar-refractivity contribution in [3.8, 4) is 5.75 Å². The minimum atomic E-state index is -0.198. The lowest BCUT2D eigenvalue weighted by Crippen LogP contribution is -2.24. The van der Waals surface area contributed by atoms with Gasteiger partial charge in [-0.15, -0.1) is 0 Å². The van der Waals surface area contributed by atoms with E-state index in [-0.39, 0.29) is 11.4 Å². The van der Waals surface area contributed by atoms with Crippen LogP contribution >= 0.6 is 11.6 Å². The highest BCUT2D eigenvalue weighted by Crippen LogP contribution is 2.35. The van der Waals surface area contributed by atoms with Gasteiger partial charge in [-0.05, 0) is 68.3 Å². The molecule has 0 radical (unpaired) electrons. The van der Waals surface area contributed by atoms with Crippen molar-refractivity contribution in [2.24, 2.45) is 0 Å². The molecule has 21 heavy (non-hydrogen) atoms. The Labute approximate surface area is 129 Å². The molecule has 108 valence electrons. The molecule has 0 atom stereocenters. The van der Waals surface area contributed by atoms with Crippen LogP contribution in [0.2, 0.25) is 5.02 Å². The summed E-state index contributed by atoms with van der Waals surface area (Å²) in [4.78, 5) is 12.6. The maximum atomic E-state index is 12.6. The lowest BCUT2D eigenvalue weighted by atomic mass is 9.96. The molecule has 0 saturated heterocycles. The summed E-state index contributed by atoms with van der Waals surface area (Å²) < 4.78 is 5.84. The second-order valence-corrected chi connectivity index (χ2v) is 6.64. The highest BCUT2D eigenvalue weighted by molar-refractivity contribution is 6.31. The third-order valence-corrected chi connectivity index (χ3v) is 3.85. The van der Waals surface area contributed by atoms with Crippen LogP contribution in [0.4, 0.5) is 0 Å². The number of carbonyl (C=O) groups excluding carboxylic acids is 1. The van der Waals surface area contributed by atoms with Crippen LogP contribution in [-0.4, -0.2) is 11.4 Å². The SMILES string of the molecule is Cc1cc(Cl)cc(C(=O)c2ccc3c(c2)CC(C)(C)O3)c1. The van der Waals surface area contributed by atoms with E-state index in [9.17, 15) is 4.79 Å². The molecular weight excluding hydrogens is 284 g/mol. The zero-order chi connectivity index (χ0) is 15.2. The maximum Gasteiger partial charge on any atom is 0.193 e. The molecule has 0 aliphatic carbocycles. The molecule has 2 aromatic carbocycles. The summed E-state index contributed by atoms with van der Waals surface area (Å²) >= 11 is 6.04. The molecule has 3 rings (SSSR count). The molecule has 0 aromatic heterocycles. The number of aryl methyl sites for hydroxylation is 1. The third-order valence-electron chi connectivity index (χ3n) is 3.63. The van der Waals surface area contributed by atoms with Gasteiger partial charge in [-0.1, -0.05) is 11.6 Å². The predicted octanol–water partition coefficient (Wildman–Crippen LogP) is 4.59. The normalized spacial score (nSPS) is 15.4. The van der Waals surface area contributed by atoms with Crippen LogP contribution < -0.4 is 4.74 Å². The Balaban J connectivity index is 1.97. The van der Waals surface area contributed by atoms with Crippen molar-refractivity contribution in [1.29, 1.82) is 0 Å². The zero-order valence-electron chi connectivity index (χ0n) is 12.4. The first-order valence-corrected chi connectivity index (χ1v) is 7.36. The van der Waals surface area contributed by atoms with Crippen LogP contribution in [0.3, 0.4) is 0 Å². The fraction of sp³-hybridized carbons (Fsp3) is 0.278. The molecule has 3 heteroatoms. The third kappa shape index (κ3) is 2.81. The van der Waals surface area contributed by atoms with Crippen LogP contribution in [-0.2, 0) is 6.42 Å². The number of hydrogen-bond donors (Lipinski definition) is 0. The first-order chi connectivity index (χ1) is 9.84. The molecule has 0 unspecified atom stereocenters. The van der Waals surface area contributed by atoms with E-state index >= 15 is 0 Å². The lowest BCUT2D eigenvalue weighted by Gasteiger charge is -2.16. The van der Waals surface area contributed by atoms with E-state index in [0.29, 0.717) is 16.1 Å². The summed E-state index contributed by atoms with van der Waals surface area (Å²) in [5.41, 5.74) is 3.17. The summed E-state index contributed by atoms with van der Waals surface area (Å²) in [5, 5.41) is 0.587. The Morgan fingerprint density at radius 1 is 1.14 bits per heavy atom. The summed E-state index contributed by atoms with van der Waals surface area (Å²) in [7, 11) is 0. The van der Waals surface area contributed by atoms with Crippen LogP contribution in [0.25, 0.3) is 0 Å². The quantitative estimate of drug-likeness (QED) is 0.758. The van der Waals surface area contributed by atoms with Crippen molar-refractivity contribution in [1.82, 2.24) is 0 Å². The van der Waals surface area contributed by atoms with Crippen LogP contribution in [0.15, 0.2) is 36.4 Å². The van der Waals surface area contributed by atoms with Crippen molar-refractivity contribution in [3.63, 3.8) is 0 Å². The number of rotatable bonds is 2. The van der Waals surface area contributed by atoms with Gasteiger partial charge >= 0.3 is 0 Å². The Morgan fingerprint density at radius 3 is 2.62 bits per heavy atom. The van der Waals surface area contributed by atoms with Crippen molar-refractivity contribution < 1.29 is 9.53 Å². The van der Waals surface area contributed by atoms with E-state index in [2.05, 4.69) is 13.8 Å². The first-order valence-electron chi connectivity index (χ1n) is 6.98. The van der Waals surface area contributed by atoms with E-state index in [1.807, 2.05) is 37.3 Å². The second kappa shape index (κ2) is 4.88. The molecule has 0 spiro atoms. The highest BCUT2D eigenvalue weighted by atomic mass is 35.5. The average molecular weight is 301 g/mol. The number of halogens is 1. The number of ether oxygens (including phenoxy) is 1. The Morgan fingerprint density at radius 2 is 1.90 bits per heavy atom. The molecule has 2 aromatic rings. The number of carbonyl (C=O) groups is 1. The minimum absolute atomic E-state index is 0.00638. The van der Waals surface area contributed by atoms with Gasteiger partial charge in [-0.2, -0.15) is 0 Å². The van der Waals surface area contributed by atoms with Crippen molar-refractivity contribution in [2.75, 3.05) is 0 Å². The van der Waals surface area contributed by atoms with Gasteiger partial charge in [0.15, 0.2) is 5.78 Å². The molecule has 0 saturated carbocycles. The van der Waals surface area contributed by atoms with E-state index in [0.717, 1.165) is 23.3 Å². The van der Waals surface area contributed by atoms with E-state index in [1.165, 1.54) is 0 Å². The Hall–Kier alpha value is -1.80. The number of fused-ring (bicyclic) bond motifs is 1. The number of benzene rings is 2. The molecule has 1 aliphatic heterocycles. The molecule has 0 bridgehead atoms. The van der Waals surface area contributed by atoms with Gasteiger partial charge in [0.05, 0.1) is 0 Å². The summed E-state index contributed by atoms with van der Waals surface area (Å²) in [5.74, 6) is 0.868. The predicted molar refractivity (Wildman–Crippen MR) is 84.5 cm³/mol. The molecular formula is C18H17ClO2. The second-order valence-electron chi connectivity index (χ2n) is 6.21. The first kappa shape index (κ1) is 14.2. The zero-order valence-corrected chi connectivity index (χ0v) is 13.1. The Bertz CT molecular complexity index is 712. The number of hydrogen-bond acceptors (Lipinski definition) is 2. The Kier molecular flexibility index (Phi) is 3.29. The van der Waals surface area contributed by atoms with Crippen molar-refractivity contribution in [3.05, 3.63) is 63.7 Å². The molecule has 0 fully saturated rings. The maximum absolute atomic E-state index is 12.6. The topological polar surface area (TPSA) is 26.3 Å². The van der Waals surface area contributed by atoms with Crippen LogP contribution in [0, 0.1) is 6.92 Å². The smallest absolute Gasteiger partial charge is 0.193 e. The van der Waals surface area contributed by atoms with E-state index < -0.39 is 0 Å². The fourth-order valence-electron chi connectivity index (χ4n) is 2.78. The van der Waals surface area contributed by atoms with Crippen LogP contribution in [0.1, 0.15) is 40.9 Å². The highest BCUT2D eigenvalue weighted by Gasteiger charge is 2.30. The van der Waals surface area contributed by atoms with E-state index in [1.54, 1.807) is 6.07 Å². The van der Waals surface area contributed by atoms with Gasteiger partial charge in [-0.3, -0.25) is 4.79 Å². The van der Waals surface area contributed by atoms with Gasteiger partial charge in [0.1, 0.15) is 11.4 Å². The van der Waals surface area contributed by atoms with Gasteiger partial charge in [-0.25, -0.2) is 0 Å². The van der Waals surface area contributed by atoms with Gasteiger partial charge < -0.3 is 4.74 Å². The average Bonchev–Trinajstić information content (AvgIpc) is 2.69. The molecule has 1 aliphatic rings. The fourth-order valence-corrected chi connectivity index (χ4v) is 3.07. The number of ketones is 1. The summed E-state index contributed by atoms with van der Waals surface area (Å²) in [6.45, 7) is 6.03. The molecule has 0 N–H and O–H groups in total. The van der Waals surface area contributed by atoms with Crippen LogP contribution in [0.5, 0.6) is 5.75 Å². The lowest BCUT2D eigenvalue weighted by molar-refractivity contribution is 0.103. The monoisotopic (exact) mass is 300 g/mol. The van der Waals surface area contributed by atoms with Gasteiger partial charge in [0, 0.05) is 22.6 Å². The van der Waals surface area contributed by atoms with Gasteiger partial charge in [0.25, 0.3) is 0 Å². The minimum Gasteiger partial charge on any atom is -0.487 e. The van der Waals surface area contributed by atoms with Crippen molar-refractivity contribution >= 4 is 17.4 Å². The summed E-state index contributed by atoms with van der Waals surface area (Å²) in [6, 6.07) is 11.1.